The molecule has 0 aromatic heterocycles. The van der Waals surface area contributed by atoms with Crippen LogP contribution >= 0.6 is 0 Å². The molecule has 1 fully saturated rings. The quantitative estimate of drug-likeness (QED) is 0.712. The van der Waals surface area contributed by atoms with Crippen LogP contribution in [-0.4, -0.2) is 41.1 Å². The molecule has 1 aliphatic rings. The van der Waals surface area contributed by atoms with E-state index in [1.807, 2.05) is 6.92 Å². The summed E-state index contributed by atoms with van der Waals surface area (Å²) in [6.07, 6.45) is 2.62. The number of aliphatic hydroxyl groups is 1. The Morgan fingerprint density at radius 2 is 2.33 bits per heavy atom. The number of piperidine rings is 1. The van der Waals surface area contributed by atoms with Gasteiger partial charge in [0, 0.05) is 19.7 Å². The zero-order valence-corrected chi connectivity index (χ0v) is 9.70. The Bertz CT molecular complexity index is 229. The second kappa shape index (κ2) is 4.94. The fraction of sp³-hybridized carbons (Fsp3) is 0.909. The van der Waals surface area contributed by atoms with Crippen molar-refractivity contribution >= 4 is 5.91 Å². The van der Waals surface area contributed by atoms with Gasteiger partial charge in [0.25, 0.3) is 0 Å². The molecule has 1 heterocycles. The summed E-state index contributed by atoms with van der Waals surface area (Å²) < 4.78 is 0. The topological polar surface area (TPSA) is 66.6 Å². The molecular weight excluding hydrogens is 192 g/mol. The van der Waals surface area contributed by atoms with Crippen molar-refractivity contribution in [1.82, 2.24) is 4.90 Å². The zero-order chi connectivity index (χ0) is 11.5. The van der Waals surface area contributed by atoms with Gasteiger partial charge in [-0.2, -0.15) is 0 Å². The maximum Gasteiger partial charge on any atom is 0.242 e. The van der Waals surface area contributed by atoms with Crippen LogP contribution in [0.5, 0.6) is 0 Å². The fourth-order valence-electron chi connectivity index (χ4n) is 1.91. The molecule has 0 spiro atoms. The van der Waals surface area contributed by atoms with Crippen LogP contribution in [0.15, 0.2) is 0 Å². The smallest absolute Gasteiger partial charge is 0.242 e. The number of rotatable bonds is 3. The summed E-state index contributed by atoms with van der Waals surface area (Å²) in [5.41, 5.74) is 5.17. The first-order chi connectivity index (χ1) is 7.01. The summed E-state index contributed by atoms with van der Waals surface area (Å²) >= 11 is 0. The standard InChI is InChI=1S/C11H22N2O2/c1-3-11(2,12)10(15)13-6-4-5-9(7-13)8-14/h9,14H,3-8,12H2,1-2H3. The molecule has 1 saturated heterocycles. The molecule has 4 nitrogen and oxygen atoms in total. The minimum absolute atomic E-state index is 0.0168. The van der Waals surface area contributed by atoms with Gasteiger partial charge in [-0.1, -0.05) is 6.92 Å². The van der Waals surface area contributed by atoms with Gasteiger partial charge in [-0.3, -0.25) is 4.79 Å². The lowest BCUT2D eigenvalue weighted by molar-refractivity contribution is -0.138. The third kappa shape index (κ3) is 2.92. The van der Waals surface area contributed by atoms with Crippen molar-refractivity contribution < 1.29 is 9.90 Å². The van der Waals surface area contributed by atoms with E-state index in [0.29, 0.717) is 13.0 Å². The predicted molar refractivity (Wildman–Crippen MR) is 59.3 cm³/mol. The maximum atomic E-state index is 12.0. The van der Waals surface area contributed by atoms with Crippen LogP contribution in [-0.2, 0) is 4.79 Å². The Morgan fingerprint density at radius 1 is 1.67 bits per heavy atom. The number of aliphatic hydroxyl groups excluding tert-OH is 1. The number of nitrogens with zero attached hydrogens (tertiary/aromatic N) is 1. The Hall–Kier alpha value is -0.610. The molecular formula is C11H22N2O2. The molecule has 4 heteroatoms. The highest BCUT2D eigenvalue weighted by atomic mass is 16.3. The summed E-state index contributed by atoms with van der Waals surface area (Å²) in [5, 5.41) is 9.08. The van der Waals surface area contributed by atoms with Gasteiger partial charge < -0.3 is 15.7 Å². The van der Waals surface area contributed by atoms with E-state index in [1.54, 1.807) is 11.8 Å². The number of amides is 1. The Labute approximate surface area is 91.4 Å². The molecule has 1 amide bonds. The van der Waals surface area contributed by atoms with Gasteiger partial charge in [-0.25, -0.2) is 0 Å². The van der Waals surface area contributed by atoms with Gasteiger partial charge in [0.2, 0.25) is 5.91 Å². The van der Waals surface area contributed by atoms with Crippen LogP contribution in [0.2, 0.25) is 0 Å². The predicted octanol–water partition coefficient (Wildman–Crippen LogP) is 0.345. The van der Waals surface area contributed by atoms with Crippen molar-refractivity contribution in [2.75, 3.05) is 19.7 Å². The van der Waals surface area contributed by atoms with E-state index in [0.717, 1.165) is 19.4 Å². The summed E-state index contributed by atoms with van der Waals surface area (Å²) in [4.78, 5) is 13.8. The van der Waals surface area contributed by atoms with Gasteiger partial charge in [-0.15, -0.1) is 0 Å². The maximum absolute atomic E-state index is 12.0. The molecule has 2 unspecified atom stereocenters. The SMILES string of the molecule is CCC(C)(N)C(=O)N1CCCC(CO)C1. The Morgan fingerprint density at radius 3 is 2.87 bits per heavy atom. The molecule has 0 saturated carbocycles. The van der Waals surface area contributed by atoms with Crippen LogP contribution < -0.4 is 5.73 Å². The lowest BCUT2D eigenvalue weighted by atomic mass is 9.94. The lowest BCUT2D eigenvalue weighted by Crippen LogP contribution is -2.55. The summed E-state index contributed by atoms with van der Waals surface area (Å²) in [5.74, 6) is 0.249. The van der Waals surface area contributed by atoms with Crippen LogP contribution in [0.4, 0.5) is 0 Å². The number of carbonyl (C=O) groups excluding carboxylic acids is 1. The molecule has 1 rings (SSSR count). The van der Waals surface area contributed by atoms with E-state index in [2.05, 4.69) is 0 Å². The van der Waals surface area contributed by atoms with E-state index in [4.69, 9.17) is 10.8 Å². The highest BCUT2D eigenvalue weighted by molar-refractivity contribution is 5.85. The first-order valence-corrected chi connectivity index (χ1v) is 5.70. The number of carbonyl (C=O) groups is 1. The van der Waals surface area contributed by atoms with Crippen molar-refractivity contribution in [2.45, 2.75) is 38.6 Å². The lowest BCUT2D eigenvalue weighted by Gasteiger charge is -2.36. The number of hydrogen-bond donors (Lipinski definition) is 2. The Balaban J connectivity index is 2.60. The molecule has 0 aromatic rings. The molecule has 15 heavy (non-hydrogen) atoms. The summed E-state index contributed by atoms with van der Waals surface area (Å²) in [6, 6.07) is 0. The monoisotopic (exact) mass is 214 g/mol. The van der Waals surface area contributed by atoms with Gasteiger partial charge >= 0.3 is 0 Å². The van der Waals surface area contributed by atoms with Gasteiger partial charge in [0.05, 0.1) is 5.54 Å². The van der Waals surface area contributed by atoms with Crippen LogP contribution in [0.1, 0.15) is 33.1 Å². The van der Waals surface area contributed by atoms with Crippen molar-refractivity contribution in [3.05, 3.63) is 0 Å². The molecule has 2 atom stereocenters. The normalized spacial score (nSPS) is 26.1. The Kier molecular flexibility index (Phi) is 4.11. The average molecular weight is 214 g/mol. The van der Waals surface area contributed by atoms with Crippen molar-refractivity contribution in [3.8, 4) is 0 Å². The largest absolute Gasteiger partial charge is 0.396 e. The minimum Gasteiger partial charge on any atom is -0.396 e. The van der Waals surface area contributed by atoms with E-state index in [1.165, 1.54) is 0 Å². The number of nitrogens with two attached hydrogens (primary N) is 1. The molecule has 88 valence electrons. The first-order valence-electron chi connectivity index (χ1n) is 5.70. The zero-order valence-electron chi connectivity index (χ0n) is 9.70. The van der Waals surface area contributed by atoms with E-state index >= 15 is 0 Å². The second-order valence-corrected chi connectivity index (χ2v) is 4.71. The minimum atomic E-state index is -0.753. The number of hydrogen-bond acceptors (Lipinski definition) is 3. The van der Waals surface area contributed by atoms with Gasteiger partial charge in [0.1, 0.15) is 0 Å². The molecule has 0 radical (unpaired) electrons. The molecule has 1 aliphatic heterocycles. The average Bonchev–Trinajstić information content (AvgIpc) is 2.28. The second-order valence-electron chi connectivity index (χ2n) is 4.71. The van der Waals surface area contributed by atoms with Crippen LogP contribution in [0.3, 0.4) is 0 Å². The van der Waals surface area contributed by atoms with E-state index in [9.17, 15) is 4.79 Å². The molecule has 3 N–H and O–H groups in total. The summed E-state index contributed by atoms with van der Waals surface area (Å²) in [6.45, 7) is 5.30. The summed E-state index contributed by atoms with van der Waals surface area (Å²) in [7, 11) is 0. The molecule has 0 bridgehead atoms. The van der Waals surface area contributed by atoms with Crippen molar-refractivity contribution in [3.63, 3.8) is 0 Å². The van der Waals surface area contributed by atoms with Gasteiger partial charge in [-0.05, 0) is 32.1 Å². The highest BCUT2D eigenvalue weighted by Gasteiger charge is 2.33. The molecule has 0 aromatic carbocycles. The first kappa shape index (κ1) is 12.5. The van der Waals surface area contributed by atoms with E-state index < -0.39 is 5.54 Å². The third-order valence-electron chi connectivity index (χ3n) is 3.29. The number of likely N-dealkylation sites (tertiary alicyclic amines) is 1. The van der Waals surface area contributed by atoms with Crippen molar-refractivity contribution in [2.24, 2.45) is 11.7 Å². The van der Waals surface area contributed by atoms with Crippen LogP contribution in [0.25, 0.3) is 0 Å². The third-order valence-corrected chi connectivity index (χ3v) is 3.29. The van der Waals surface area contributed by atoms with E-state index in [-0.39, 0.29) is 18.4 Å². The van der Waals surface area contributed by atoms with Crippen molar-refractivity contribution in [1.29, 1.82) is 0 Å². The van der Waals surface area contributed by atoms with Gasteiger partial charge in [0.15, 0.2) is 0 Å². The molecule has 0 aliphatic carbocycles. The fourth-order valence-corrected chi connectivity index (χ4v) is 1.91. The highest BCUT2D eigenvalue weighted by Crippen LogP contribution is 2.19. The van der Waals surface area contributed by atoms with Crippen LogP contribution in [0, 0.1) is 5.92 Å².